The van der Waals surface area contributed by atoms with E-state index in [0.29, 0.717) is 0 Å². The summed E-state index contributed by atoms with van der Waals surface area (Å²) in [4.78, 5) is 0. The van der Waals surface area contributed by atoms with Crippen LogP contribution in [0, 0.1) is 0 Å². The summed E-state index contributed by atoms with van der Waals surface area (Å²) in [7, 11) is 0. The molecule has 0 amide bonds. The molecule has 0 aliphatic heterocycles. The molecule has 2 nitrogen and oxygen atoms in total. The average Bonchev–Trinajstić information content (AvgIpc) is 1.69. The Morgan fingerprint density at radius 2 is 1.43 bits per heavy atom. The van der Waals surface area contributed by atoms with E-state index in [2.05, 4.69) is 0 Å². The molecule has 0 aromatic rings. The van der Waals surface area contributed by atoms with Gasteiger partial charge in [-0.3, -0.25) is 0 Å². The van der Waals surface area contributed by atoms with E-state index in [4.69, 9.17) is 11.5 Å². The molecule has 2 radical (unpaired) electrons. The molecule has 0 aromatic carbocycles. The fourth-order valence-electron chi connectivity index (χ4n) is 0.329. The summed E-state index contributed by atoms with van der Waals surface area (Å²) in [5.74, 6) is 0. The van der Waals surface area contributed by atoms with Gasteiger partial charge in [-0.15, -0.1) is 0 Å². The van der Waals surface area contributed by atoms with E-state index in [0.717, 1.165) is 13.1 Å². The Labute approximate surface area is 51.1 Å². The number of hydrogen-bond donors (Lipinski definition) is 2. The maximum atomic E-state index is 5.26. The predicted octanol–water partition coefficient (Wildman–Crippen LogP) is -0.555. The summed E-state index contributed by atoms with van der Waals surface area (Å²) in [6.45, 7) is 1.72. The van der Waals surface area contributed by atoms with Gasteiger partial charge in [0.1, 0.15) is 0 Å². The normalized spacial score (nSPS) is 9.43. The summed E-state index contributed by atoms with van der Waals surface area (Å²) < 4.78 is 0. The fourth-order valence-corrected chi connectivity index (χ4v) is 1.71. The van der Waals surface area contributed by atoms with Gasteiger partial charge in [0.05, 0.1) is 0 Å². The molecule has 0 bridgehead atoms. The summed E-state index contributed by atoms with van der Waals surface area (Å²) in [5.41, 5.74) is 10.5. The van der Waals surface area contributed by atoms with E-state index in [9.17, 15) is 0 Å². The van der Waals surface area contributed by atoms with Crippen molar-refractivity contribution in [2.45, 2.75) is 10.5 Å². The topological polar surface area (TPSA) is 52.0 Å². The van der Waals surface area contributed by atoms with Gasteiger partial charge in [-0.1, -0.05) is 0 Å². The van der Waals surface area contributed by atoms with Crippen molar-refractivity contribution in [1.82, 2.24) is 0 Å². The van der Waals surface area contributed by atoms with Gasteiger partial charge < -0.3 is 0 Å². The zero-order chi connectivity index (χ0) is 5.54. The second-order valence-electron chi connectivity index (χ2n) is 1.33. The van der Waals surface area contributed by atoms with Crippen LogP contribution in [0.2, 0.25) is 10.5 Å². The Hall–Kier alpha value is 0.463. The Kier molecular flexibility index (Phi) is 6.89. The Balaban J connectivity index is 2.45. The van der Waals surface area contributed by atoms with Crippen LogP contribution < -0.4 is 11.5 Å². The summed E-state index contributed by atoms with van der Waals surface area (Å²) in [6.07, 6.45) is 0. The number of hydrogen-bond acceptors (Lipinski definition) is 2. The van der Waals surface area contributed by atoms with Crippen molar-refractivity contribution in [2.24, 2.45) is 11.5 Å². The predicted molar refractivity (Wildman–Crippen MR) is 33.5 cm³/mol. The number of rotatable bonds is 4. The number of nitrogens with two attached hydrogens (primary N) is 2. The van der Waals surface area contributed by atoms with Crippen molar-refractivity contribution in [3.8, 4) is 0 Å². The minimum atomic E-state index is 0.264. The van der Waals surface area contributed by atoms with Crippen molar-refractivity contribution in [2.75, 3.05) is 13.1 Å². The van der Waals surface area contributed by atoms with Gasteiger partial charge in [-0.2, -0.15) is 0 Å². The SMILES string of the molecule is NC[CH2][Ge][CH2]CN. The van der Waals surface area contributed by atoms with Crippen LogP contribution in [-0.4, -0.2) is 28.5 Å². The molecule has 0 fully saturated rings. The van der Waals surface area contributed by atoms with Crippen LogP contribution in [0.5, 0.6) is 0 Å². The van der Waals surface area contributed by atoms with Crippen LogP contribution in [0.1, 0.15) is 0 Å². The molecule has 3 heteroatoms. The zero-order valence-corrected chi connectivity index (χ0v) is 6.58. The Bertz CT molecular complexity index is 28.9. The monoisotopic (exact) mass is 162 g/mol. The van der Waals surface area contributed by atoms with Gasteiger partial charge in [-0.25, -0.2) is 0 Å². The molecule has 7 heavy (non-hydrogen) atoms. The van der Waals surface area contributed by atoms with Crippen LogP contribution in [0.15, 0.2) is 0 Å². The summed E-state index contributed by atoms with van der Waals surface area (Å²) in [5, 5.41) is 2.49. The van der Waals surface area contributed by atoms with Crippen molar-refractivity contribution >= 4 is 15.4 Å². The quantitative estimate of drug-likeness (QED) is 0.428. The van der Waals surface area contributed by atoms with E-state index in [1.54, 1.807) is 0 Å². The third kappa shape index (κ3) is 6.46. The molecular formula is C4H12GeN2. The van der Waals surface area contributed by atoms with E-state index in [1.165, 1.54) is 10.5 Å². The van der Waals surface area contributed by atoms with Gasteiger partial charge in [0.15, 0.2) is 0 Å². The summed E-state index contributed by atoms with van der Waals surface area (Å²) in [6, 6.07) is 0. The second kappa shape index (κ2) is 6.46. The molecule has 0 aliphatic rings. The average molecular weight is 161 g/mol. The van der Waals surface area contributed by atoms with E-state index >= 15 is 0 Å². The molecule has 0 aromatic heterocycles. The van der Waals surface area contributed by atoms with Crippen molar-refractivity contribution in [3.63, 3.8) is 0 Å². The first-order chi connectivity index (χ1) is 3.41. The van der Waals surface area contributed by atoms with Gasteiger partial charge in [0.2, 0.25) is 0 Å². The van der Waals surface area contributed by atoms with Crippen LogP contribution in [-0.2, 0) is 0 Å². The second-order valence-corrected chi connectivity index (χ2v) is 4.47. The first-order valence-electron chi connectivity index (χ1n) is 2.52. The van der Waals surface area contributed by atoms with Crippen molar-refractivity contribution < 1.29 is 0 Å². The molecule has 0 atom stereocenters. The maximum absolute atomic E-state index is 5.26. The Morgan fingerprint density at radius 3 is 1.71 bits per heavy atom. The third-order valence-electron chi connectivity index (χ3n) is 0.642. The Morgan fingerprint density at radius 1 is 1.00 bits per heavy atom. The van der Waals surface area contributed by atoms with Gasteiger partial charge >= 0.3 is 50.5 Å². The zero-order valence-electron chi connectivity index (χ0n) is 4.48. The van der Waals surface area contributed by atoms with Crippen LogP contribution >= 0.6 is 0 Å². The van der Waals surface area contributed by atoms with Crippen LogP contribution in [0.3, 0.4) is 0 Å². The molecule has 42 valence electrons. The molecule has 0 aliphatic carbocycles. The van der Waals surface area contributed by atoms with Gasteiger partial charge in [0.25, 0.3) is 0 Å². The van der Waals surface area contributed by atoms with Crippen LogP contribution in [0.25, 0.3) is 0 Å². The molecule has 0 rings (SSSR count). The molecular weight excluding hydrogens is 149 g/mol. The fraction of sp³-hybridized carbons (Fsp3) is 1.00. The van der Waals surface area contributed by atoms with Gasteiger partial charge in [0, 0.05) is 0 Å². The van der Waals surface area contributed by atoms with Crippen molar-refractivity contribution in [3.05, 3.63) is 0 Å². The first-order valence-corrected chi connectivity index (χ1v) is 5.49. The standard InChI is InChI=1S/C4H12GeN2/c6-3-1-5-2-4-7/h1-4,6-7H2. The molecule has 0 saturated carbocycles. The van der Waals surface area contributed by atoms with Crippen LogP contribution in [0.4, 0.5) is 0 Å². The van der Waals surface area contributed by atoms with E-state index < -0.39 is 0 Å². The van der Waals surface area contributed by atoms with E-state index in [1.807, 2.05) is 0 Å². The van der Waals surface area contributed by atoms with Crippen molar-refractivity contribution in [1.29, 1.82) is 0 Å². The van der Waals surface area contributed by atoms with E-state index in [-0.39, 0.29) is 15.4 Å². The minimum absolute atomic E-state index is 0.264. The molecule has 0 heterocycles. The molecule has 0 spiro atoms. The molecule has 0 unspecified atom stereocenters. The first kappa shape index (κ1) is 7.46. The molecule has 0 saturated heterocycles. The molecule has 4 N–H and O–H groups in total. The summed E-state index contributed by atoms with van der Waals surface area (Å²) >= 11 is 0.264. The van der Waals surface area contributed by atoms with Gasteiger partial charge in [-0.05, 0) is 0 Å². The third-order valence-corrected chi connectivity index (χ3v) is 3.34.